The molecule has 0 aliphatic carbocycles. The minimum absolute atomic E-state index is 0.105. The summed E-state index contributed by atoms with van der Waals surface area (Å²) in [5, 5.41) is 3.43. The van der Waals surface area contributed by atoms with Gasteiger partial charge in [-0.25, -0.2) is 4.39 Å². The van der Waals surface area contributed by atoms with Crippen LogP contribution in [-0.4, -0.2) is 18.6 Å². The third-order valence-corrected chi connectivity index (χ3v) is 3.09. The smallest absolute Gasteiger partial charge is 0.141 e. The third-order valence-electron chi connectivity index (χ3n) is 3.09. The molecule has 1 unspecified atom stereocenters. The average molecular weight is 274 g/mol. The van der Waals surface area contributed by atoms with Crippen molar-refractivity contribution in [3.05, 3.63) is 59.7 Å². The van der Waals surface area contributed by atoms with Gasteiger partial charge >= 0.3 is 0 Å². The van der Waals surface area contributed by atoms with Crippen LogP contribution < -0.4 is 10.1 Å². The molecule has 1 N–H and O–H groups in total. The number of benzene rings is 1. The summed E-state index contributed by atoms with van der Waals surface area (Å²) >= 11 is 0. The molecule has 0 aliphatic rings. The molecule has 0 saturated carbocycles. The second-order valence-corrected chi connectivity index (χ2v) is 4.53. The summed E-state index contributed by atoms with van der Waals surface area (Å²) in [4.78, 5) is 4.19. The summed E-state index contributed by atoms with van der Waals surface area (Å²) in [6, 6.07) is 10.8. The largest absolute Gasteiger partial charge is 0.496 e. The van der Waals surface area contributed by atoms with Crippen molar-refractivity contribution >= 4 is 0 Å². The van der Waals surface area contributed by atoms with E-state index in [-0.39, 0.29) is 11.9 Å². The van der Waals surface area contributed by atoms with E-state index in [0.29, 0.717) is 0 Å². The zero-order valence-corrected chi connectivity index (χ0v) is 11.8. The zero-order valence-electron chi connectivity index (χ0n) is 11.8. The minimum Gasteiger partial charge on any atom is -0.496 e. The maximum Gasteiger partial charge on any atom is 0.141 e. The van der Waals surface area contributed by atoms with E-state index in [0.717, 1.165) is 30.0 Å². The molecular formula is C16H19FN2O. The number of hydrogen-bond donors (Lipinski definition) is 1. The van der Waals surface area contributed by atoms with Gasteiger partial charge in [-0.2, -0.15) is 0 Å². The van der Waals surface area contributed by atoms with Crippen LogP contribution in [0.2, 0.25) is 0 Å². The number of rotatable bonds is 6. The van der Waals surface area contributed by atoms with E-state index in [4.69, 9.17) is 4.74 Å². The van der Waals surface area contributed by atoms with E-state index < -0.39 is 0 Å². The number of nitrogens with zero attached hydrogens (tertiary/aromatic N) is 1. The van der Waals surface area contributed by atoms with Gasteiger partial charge in [-0.15, -0.1) is 0 Å². The lowest BCUT2D eigenvalue weighted by Crippen LogP contribution is -2.24. The number of ether oxygens (including phenoxy) is 1. The fourth-order valence-corrected chi connectivity index (χ4v) is 2.13. The van der Waals surface area contributed by atoms with E-state index in [9.17, 15) is 4.39 Å². The lowest BCUT2D eigenvalue weighted by atomic mass is 10.0. The van der Waals surface area contributed by atoms with Crippen LogP contribution >= 0.6 is 0 Å². The number of nitrogens with one attached hydrogen (secondary N) is 1. The molecule has 1 aromatic carbocycles. The van der Waals surface area contributed by atoms with Crippen molar-refractivity contribution in [2.24, 2.45) is 0 Å². The SMILES string of the molecule is CCCNC(c1ccc(F)cn1)c1ccccc1OC. The first-order chi connectivity index (χ1) is 9.76. The summed E-state index contributed by atoms with van der Waals surface area (Å²) in [5.41, 5.74) is 1.78. The number of para-hydroxylation sites is 1. The maximum absolute atomic E-state index is 13.0. The van der Waals surface area contributed by atoms with Crippen LogP contribution in [0.5, 0.6) is 5.75 Å². The summed E-state index contributed by atoms with van der Waals surface area (Å²) < 4.78 is 18.5. The van der Waals surface area contributed by atoms with Crippen molar-refractivity contribution in [1.29, 1.82) is 0 Å². The maximum atomic E-state index is 13.0. The van der Waals surface area contributed by atoms with Gasteiger partial charge in [-0.3, -0.25) is 4.98 Å². The number of hydrogen-bond acceptors (Lipinski definition) is 3. The Morgan fingerprint density at radius 3 is 2.70 bits per heavy atom. The molecule has 2 aromatic rings. The molecule has 0 amide bonds. The Morgan fingerprint density at radius 1 is 1.25 bits per heavy atom. The van der Waals surface area contributed by atoms with Gasteiger partial charge < -0.3 is 10.1 Å². The molecule has 4 heteroatoms. The first kappa shape index (κ1) is 14.5. The average Bonchev–Trinajstić information content (AvgIpc) is 2.50. The van der Waals surface area contributed by atoms with Gasteiger partial charge in [-0.05, 0) is 31.2 Å². The highest BCUT2D eigenvalue weighted by Gasteiger charge is 2.18. The molecule has 1 atom stereocenters. The Labute approximate surface area is 118 Å². The van der Waals surface area contributed by atoms with E-state index in [2.05, 4.69) is 17.2 Å². The topological polar surface area (TPSA) is 34.2 Å². The summed E-state index contributed by atoms with van der Waals surface area (Å²) in [5.74, 6) is 0.468. The third kappa shape index (κ3) is 3.33. The monoisotopic (exact) mass is 274 g/mol. The Hall–Kier alpha value is -1.94. The lowest BCUT2D eigenvalue weighted by molar-refractivity contribution is 0.403. The van der Waals surface area contributed by atoms with Crippen molar-refractivity contribution in [3.63, 3.8) is 0 Å². The van der Waals surface area contributed by atoms with Crippen LogP contribution in [0.4, 0.5) is 4.39 Å². The predicted octanol–water partition coefficient (Wildman–Crippen LogP) is 3.32. The summed E-state index contributed by atoms with van der Waals surface area (Å²) in [6.45, 7) is 2.95. The zero-order chi connectivity index (χ0) is 14.4. The minimum atomic E-state index is -0.331. The molecule has 0 aliphatic heterocycles. The number of pyridine rings is 1. The van der Waals surface area contributed by atoms with Crippen molar-refractivity contribution in [3.8, 4) is 5.75 Å². The van der Waals surface area contributed by atoms with E-state index >= 15 is 0 Å². The standard InChI is InChI=1S/C16H19FN2O/c1-3-10-18-16(14-9-8-12(17)11-19-14)13-6-4-5-7-15(13)20-2/h4-9,11,16,18H,3,10H2,1-2H3. The first-order valence-electron chi connectivity index (χ1n) is 6.74. The van der Waals surface area contributed by atoms with Gasteiger partial charge in [0.25, 0.3) is 0 Å². The van der Waals surface area contributed by atoms with Crippen molar-refractivity contribution in [1.82, 2.24) is 10.3 Å². The molecule has 0 bridgehead atoms. The Kier molecular flexibility index (Phi) is 5.07. The van der Waals surface area contributed by atoms with Crippen LogP contribution in [0.3, 0.4) is 0 Å². The normalized spacial score (nSPS) is 12.2. The van der Waals surface area contributed by atoms with Crippen molar-refractivity contribution in [2.75, 3.05) is 13.7 Å². The first-order valence-corrected chi connectivity index (χ1v) is 6.74. The number of methoxy groups -OCH3 is 1. The van der Waals surface area contributed by atoms with Gasteiger partial charge in [0.2, 0.25) is 0 Å². The lowest BCUT2D eigenvalue weighted by Gasteiger charge is -2.20. The molecule has 2 rings (SSSR count). The van der Waals surface area contributed by atoms with Gasteiger partial charge in [0.1, 0.15) is 11.6 Å². The Morgan fingerprint density at radius 2 is 2.05 bits per heavy atom. The highest BCUT2D eigenvalue weighted by molar-refractivity contribution is 5.39. The van der Waals surface area contributed by atoms with E-state index in [1.165, 1.54) is 12.3 Å². The fourth-order valence-electron chi connectivity index (χ4n) is 2.13. The second-order valence-electron chi connectivity index (χ2n) is 4.53. The Balaban J connectivity index is 2.38. The van der Waals surface area contributed by atoms with Crippen LogP contribution in [0.15, 0.2) is 42.6 Å². The van der Waals surface area contributed by atoms with E-state index in [1.807, 2.05) is 24.3 Å². The van der Waals surface area contributed by atoms with Crippen LogP contribution in [-0.2, 0) is 0 Å². The molecule has 0 radical (unpaired) electrons. The molecule has 0 spiro atoms. The molecule has 1 heterocycles. The number of aromatic nitrogens is 1. The molecule has 1 aromatic heterocycles. The van der Waals surface area contributed by atoms with Gasteiger partial charge in [-0.1, -0.05) is 25.1 Å². The van der Waals surface area contributed by atoms with Gasteiger partial charge in [0.05, 0.1) is 25.0 Å². The summed E-state index contributed by atoms with van der Waals surface area (Å²) in [6.07, 6.45) is 2.25. The van der Waals surface area contributed by atoms with Gasteiger partial charge in [0, 0.05) is 5.56 Å². The quantitative estimate of drug-likeness (QED) is 0.877. The van der Waals surface area contributed by atoms with Crippen molar-refractivity contribution < 1.29 is 9.13 Å². The van der Waals surface area contributed by atoms with Crippen molar-refractivity contribution in [2.45, 2.75) is 19.4 Å². The molecule has 0 fully saturated rings. The molecular weight excluding hydrogens is 255 g/mol. The van der Waals surface area contributed by atoms with E-state index in [1.54, 1.807) is 13.2 Å². The van der Waals surface area contributed by atoms with Gasteiger partial charge in [0.15, 0.2) is 0 Å². The van der Waals surface area contributed by atoms with Crippen LogP contribution in [0, 0.1) is 5.82 Å². The fraction of sp³-hybridized carbons (Fsp3) is 0.312. The molecule has 0 saturated heterocycles. The molecule has 3 nitrogen and oxygen atoms in total. The van der Waals surface area contributed by atoms with Crippen LogP contribution in [0.25, 0.3) is 0 Å². The highest BCUT2D eigenvalue weighted by atomic mass is 19.1. The molecule has 20 heavy (non-hydrogen) atoms. The molecule has 106 valence electrons. The Bertz CT molecular complexity index is 542. The summed E-state index contributed by atoms with van der Waals surface area (Å²) in [7, 11) is 1.65. The van der Waals surface area contributed by atoms with Crippen LogP contribution in [0.1, 0.15) is 30.6 Å². The second kappa shape index (κ2) is 7.01. The highest BCUT2D eigenvalue weighted by Crippen LogP contribution is 2.28. The predicted molar refractivity (Wildman–Crippen MR) is 77.3 cm³/mol. The number of halogens is 1.